The third kappa shape index (κ3) is 4.31. The lowest BCUT2D eigenvalue weighted by Gasteiger charge is -2.04. The molecule has 0 saturated heterocycles. The van der Waals surface area contributed by atoms with Crippen molar-refractivity contribution in [3.8, 4) is 0 Å². The van der Waals surface area contributed by atoms with Crippen LogP contribution in [0.15, 0.2) is 12.4 Å². The summed E-state index contributed by atoms with van der Waals surface area (Å²) in [5.74, 6) is 0. The molecule has 1 aromatic heterocycles. The van der Waals surface area contributed by atoms with Gasteiger partial charge in [-0.15, -0.1) is 0 Å². The van der Waals surface area contributed by atoms with Crippen molar-refractivity contribution in [2.24, 2.45) is 0 Å². The van der Waals surface area contributed by atoms with Crippen LogP contribution in [-0.2, 0) is 6.54 Å². The summed E-state index contributed by atoms with van der Waals surface area (Å²) in [4.78, 5) is 11.3. The molecule has 3 N–H and O–H groups in total. The average molecular weight is 226 g/mol. The first kappa shape index (κ1) is 12.5. The van der Waals surface area contributed by atoms with E-state index in [9.17, 15) is 4.79 Å². The van der Waals surface area contributed by atoms with Crippen molar-refractivity contribution in [3.63, 3.8) is 0 Å². The van der Waals surface area contributed by atoms with Crippen LogP contribution in [-0.4, -0.2) is 34.1 Å². The Labute approximate surface area is 94.6 Å². The van der Waals surface area contributed by atoms with Crippen LogP contribution in [0.1, 0.15) is 19.8 Å². The van der Waals surface area contributed by atoms with E-state index in [1.807, 2.05) is 0 Å². The minimum Gasteiger partial charge on any atom is -0.396 e. The van der Waals surface area contributed by atoms with Gasteiger partial charge in [0.15, 0.2) is 0 Å². The lowest BCUT2D eigenvalue weighted by molar-refractivity contribution is 0.249. The van der Waals surface area contributed by atoms with Gasteiger partial charge in [-0.3, -0.25) is 4.68 Å². The third-order valence-corrected chi connectivity index (χ3v) is 1.96. The third-order valence-electron chi connectivity index (χ3n) is 1.96. The summed E-state index contributed by atoms with van der Waals surface area (Å²) in [6.07, 6.45) is 4.96. The Morgan fingerprint density at radius 3 is 3.12 bits per heavy atom. The number of hydrogen-bond acceptors (Lipinski definition) is 3. The number of rotatable bonds is 6. The fraction of sp³-hybridized carbons (Fsp3) is 0.600. The summed E-state index contributed by atoms with van der Waals surface area (Å²) in [6, 6.07) is -0.274. The van der Waals surface area contributed by atoms with E-state index in [-0.39, 0.29) is 12.6 Å². The van der Waals surface area contributed by atoms with Crippen molar-refractivity contribution >= 4 is 11.7 Å². The molecule has 0 saturated carbocycles. The predicted molar refractivity (Wildman–Crippen MR) is 61.2 cm³/mol. The zero-order chi connectivity index (χ0) is 11.8. The Morgan fingerprint density at radius 1 is 1.62 bits per heavy atom. The maximum absolute atomic E-state index is 11.3. The molecule has 1 aromatic rings. The Balaban J connectivity index is 2.31. The van der Waals surface area contributed by atoms with Crippen molar-refractivity contribution in [3.05, 3.63) is 12.4 Å². The molecule has 1 rings (SSSR count). The van der Waals surface area contributed by atoms with Crippen molar-refractivity contribution in [1.29, 1.82) is 0 Å². The smallest absolute Gasteiger partial charge is 0.319 e. The number of carbonyl (C=O) groups is 1. The van der Waals surface area contributed by atoms with Gasteiger partial charge in [0.05, 0.1) is 11.9 Å². The van der Waals surface area contributed by atoms with Gasteiger partial charge in [-0.05, 0) is 12.8 Å². The van der Waals surface area contributed by atoms with Crippen molar-refractivity contribution in [2.75, 3.05) is 18.5 Å². The zero-order valence-corrected chi connectivity index (χ0v) is 9.44. The number of anilines is 1. The number of amides is 2. The summed E-state index contributed by atoms with van der Waals surface area (Å²) >= 11 is 0. The largest absolute Gasteiger partial charge is 0.396 e. The molecule has 1 heterocycles. The molecule has 0 aliphatic carbocycles. The van der Waals surface area contributed by atoms with Gasteiger partial charge < -0.3 is 15.7 Å². The van der Waals surface area contributed by atoms with E-state index in [0.29, 0.717) is 18.7 Å². The molecule has 90 valence electrons. The fourth-order valence-corrected chi connectivity index (χ4v) is 1.24. The van der Waals surface area contributed by atoms with E-state index in [1.54, 1.807) is 17.1 Å². The van der Waals surface area contributed by atoms with Crippen LogP contribution >= 0.6 is 0 Å². The number of aliphatic hydroxyl groups is 1. The molecule has 0 fully saturated rings. The number of aromatic nitrogens is 2. The minimum atomic E-state index is -0.274. The van der Waals surface area contributed by atoms with Crippen LogP contribution in [0.2, 0.25) is 0 Å². The van der Waals surface area contributed by atoms with Crippen molar-refractivity contribution in [2.45, 2.75) is 26.3 Å². The number of hydrogen-bond donors (Lipinski definition) is 3. The highest BCUT2D eigenvalue weighted by Gasteiger charge is 2.02. The SMILES string of the molecule is CCCn1cc(NC(=O)NCCCO)cn1. The number of urea groups is 1. The number of nitrogens with zero attached hydrogens (tertiary/aromatic N) is 2. The zero-order valence-electron chi connectivity index (χ0n) is 9.44. The maximum atomic E-state index is 11.3. The highest BCUT2D eigenvalue weighted by atomic mass is 16.3. The van der Waals surface area contributed by atoms with Crippen molar-refractivity contribution in [1.82, 2.24) is 15.1 Å². The maximum Gasteiger partial charge on any atom is 0.319 e. The lowest BCUT2D eigenvalue weighted by atomic mass is 10.4. The molecule has 0 unspecified atom stereocenters. The van der Waals surface area contributed by atoms with E-state index >= 15 is 0 Å². The summed E-state index contributed by atoms with van der Waals surface area (Å²) in [5, 5.41) is 17.9. The van der Waals surface area contributed by atoms with Gasteiger partial charge in [-0.2, -0.15) is 5.10 Å². The van der Waals surface area contributed by atoms with Crippen LogP contribution in [0, 0.1) is 0 Å². The van der Waals surface area contributed by atoms with Gasteiger partial charge in [0, 0.05) is 25.9 Å². The minimum absolute atomic E-state index is 0.0781. The predicted octanol–water partition coefficient (Wildman–Crippen LogP) is 0.797. The summed E-state index contributed by atoms with van der Waals surface area (Å²) in [5.41, 5.74) is 0.676. The molecule has 6 heteroatoms. The summed E-state index contributed by atoms with van der Waals surface area (Å²) < 4.78 is 1.78. The first-order valence-electron chi connectivity index (χ1n) is 5.44. The molecule has 0 aliphatic heterocycles. The molecule has 0 atom stereocenters. The molecule has 0 aliphatic rings. The molecular weight excluding hydrogens is 208 g/mol. The molecule has 6 nitrogen and oxygen atoms in total. The number of carbonyl (C=O) groups excluding carboxylic acids is 1. The second kappa shape index (κ2) is 6.84. The normalized spacial score (nSPS) is 10.1. The van der Waals surface area contributed by atoms with Crippen LogP contribution in [0.25, 0.3) is 0 Å². The molecule has 2 amide bonds. The van der Waals surface area contributed by atoms with Crippen LogP contribution in [0.3, 0.4) is 0 Å². The topological polar surface area (TPSA) is 79.2 Å². The van der Waals surface area contributed by atoms with Gasteiger partial charge in [0.1, 0.15) is 0 Å². The summed E-state index contributed by atoms with van der Waals surface area (Å²) in [6.45, 7) is 3.45. The Hall–Kier alpha value is -1.56. The molecular formula is C10H18N4O2. The van der Waals surface area contributed by atoms with Crippen molar-refractivity contribution < 1.29 is 9.90 Å². The first-order valence-corrected chi connectivity index (χ1v) is 5.44. The van der Waals surface area contributed by atoms with E-state index in [0.717, 1.165) is 13.0 Å². The van der Waals surface area contributed by atoms with Gasteiger partial charge in [-0.1, -0.05) is 6.92 Å². The van der Waals surface area contributed by atoms with Crippen LogP contribution in [0.5, 0.6) is 0 Å². The number of aliphatic hydroxyl groups excluding tert-OH is 1. The molecule has 0 spiro atoms. The monoisotopic (exact) mass is 226 g/mol. The van der Waals surface area contributed by atoms with Gasteiger partial charge in [-0.25, -0.2) is 4.79 Å². The van der Waals surface area contributed by atoms with Gasteiger partial charge >= 0.3 is 6.03 Å². The highest BCUT2D eigenvalue weighted by Crippen LogP contribution is 2.04. The average Bonchev–Trinajstić information content (AvgIpc) is 2.66. The Bertz CT molecular complexity index is 324. The molecule has 16 heavy (non-hydrogen) atoms. The van der Waals surface area contributed by atoms with E-state index < -0.39 is 0 Å². The number of nitrogens with one attached hydrogen (secondary N) is 2. The van der Waals surface area contributed by atoms with Crippen LogP contribution in [0.4, 0.5) is 10.5 Å². The fourth-order valence-electron chi connectivity index (χ4n) is 1.24. The van der Waals surface area contributed by atoms with E-state index in [4.69, 9.17) is 5.11 Å². The molecule has 0 radical (unpaired) electrons. The lowest BCUT2D eigenvalue weighted by Crippen LogP contribution is -2.29. The summed E-state index contributed by atoms with van der Waals surface area (Å²) in [7, 11) is 0. The van der Waals surface area contributed by atoms with E-state index in [2.05, 4.69) is 22.7 Å². The second-order valence-corrected chi connectivity index (χ2v) is 3.45. The quantitative estimate of drug-likeness (QED) is 0.628. The first-order chi connectivity index (χ1) is 7.76. The van der Waals surface area contributed by atoms with Gasteiger partial charge in [0.2, 0.25) is 0 Å². The van der Waals surface area contributed by atoms with Gasteiger partial charge in [0.25, 0.3) is 0 Å². The second-order valence-electron chi connectivity index (χ2n) is 3.45. The number of aryl methyl sites for hydroxylation is 1. The van der Waals surface area contributed by atoms with Crippen LogP contribution < -0.4 is 10.6 Å². The standard InChI is InChI=1S/C10H18N4O2/c1-2-5-14-8-9(7-12-14)13-10(16)11-4-3-6-15/h7-8,15H,2-6H2,1H3,(H2,11,13,16). The van der Waals surface area contributed by atoms with E-state index in [1.165, 1.54) is 0 Å². The highest BCUT2D eigenvalue weighted by molar-refractivity contribution is 5.88. The molecule has 0 aromatic carbocycles. The Morgan fingerprint density at radius 2 is 2.44 bits per heavy atom. The molecule has 0 bridgehead atoms. The Kier molecular flexibility index (Phi) is 5.35.